The minimum absolute atomic E-state index is 0.525. The van der Waals surface area contributed by atoms with Crippen molar-refractivity contribution in [3.63, 3.8) is 0 Å². The van der Waals surface area contributed by atoms with Crippen LogP contribution in [0.25, 0.3) is 0 Å². The van der Waals surface area contributed by atoms with Gasteiger partial charge in [-0.2, -0.15) is 5.10 Å². The van der Waals surface area contributed by atoms with Gasteiger partial charge in [0.1, 0.15) is 0 Å². The zero-order valence-electron chi connectivity index (χ0n) is 10.8. The van der Waals surface area contributed by atoms with Crippen LogP contribution in [0.15, 0.2) is 11.6 Å². The molecule has 2 N–H and O–H groups in total. The van der Waals surface area contributed by atoms with Crippen LogP contribution >= 0.6 is 0 Å². The smallest absolute Gasteiger partial charge is 0.156 e. The number of aryl methyl sites for hydroxylation is 1. The van der Waals surface area contributed by atoms with E-state index < -0.39 is 0 Å². The summed E-state index contributed by atoms with van der Waals surface area (Å²) in [5, 5.41) is 8.54. The summed E-state index contributed by atoms with van der Waals surface area (Å²) >= 11 is 0. The van der Waals surface area contributed by atoms with Gasteiger partial charge in [0, 0.05) is 25.2 Å². The van der Waals surface area contributed by atoms with Gasteiger partial charge in [0.15, 0.2) is 5.82 Å². The Labute approximate surface area is 103 Å². The first-order chi connectivity index (χ1) is 8.13. The maximum atomic E-state index is 5.84. The lowest BCUT2D eigenvalue weighted by Gasteiger charge is -2.28. The predicted molar refractivity (Wildman–Crippen MR) is 70.0 cm³/mol. The number of anilines is 1. The lowest BCUT2D eigenvalue weighted by molar-refractivity contribution is 0.748. The largest absolute Gasteiger partial charge is 0.351 e. The molecule has 0 saturated carbocycles. The summed E-state index contributed by atoms with van der Waals surface area (Å²) in [5.74, 6) is 0.958. The van der Waals surface area contributed by atoms with Gasteiger partial charge in [0.25, 0.3) is 0 Å². The summed E-state index contributed by atoms with van der Waals surface area (Å²) in [7, 11) is 0. The highest BCUT2D eigenvalue weighted by Crippen LogP contribution is 2.24. The predicted octanol–water partition coefficient (Wildman–Crippen LogP) is 1.71. The average Bonchev–Trinajstić information content (AvgIpc) is 2.34. The molecule has 2 heterocycles. The lowest BCUT2D eigenvalue weighted by atomic mass is 10.1. The molecular formula is C13H20N4. The van der Waals surface area contributed by atoms with Gasteiger partial charge in [-0.05, 0) is 32.8 Å². The fourth-order valence-corrected chi connectivity index (χ4v) is 2.11. The van der Waals surface area contributed by atoms with Gasteiger partial charge >= 0.3 is 0 Å². The van der Waals surface area contributed by atoms with E-state index in [1.165, 1.54) is 11.1 Å². The minimum atomic E-state index is 0.525. The van der Waals surface area contributed by atoms with Crippen LogP contribution in [0.3, 0.4) is 0 Å². The molecule has 4 nitrogen and oxygen atoms in total. The second-order valence-electron chi connectivity index (χ2n) is 4.66. The highest BCUT2D eigenvalue weighted by Gasteiger charge is 2.17. The van der Waals surface area contributed by atoms with Crippen LogP contribution in [-0.2, 0) is 6.54 Å². The first-order valence-electron chi connectivity index (χ1n) is 6.07. The third-order valence-corrected chi connectivity index (χ3v) is 3.50. The van der Waals surface area contributed by atoms with Crippen molar-refractivity contribution < 1.29 is 0 Å². The van der Waals surface area contributed by atoms with Gasteiger partial charge in [0.05, 0.1) is 5.69 Å². The van der Waals surface area contributed by atoms with Crippen molar-refractivity contribution in [3.05, 3.63) is 28.5 Å². The molecule has 1 aromatic heterocycles. The molecular weight excluding hydrogens is 212 g/mol. The van der Waals surface area contributed by atoms with Crippen LogP contribution < -0.4 is 10.6 Å². The quantitative estimate of drug-likeness (QED) is 0.789. The summed E-state index contributed by atoms with van der Waals surface area (Å²) in [5.41, 5.74) is 10.6. The number of nitrogens with zero attached hydrogens (tertiary/aromatic N) is 3. The number of rotatable bonds is 2. The van der Waals surface area contributed by atoms with Crippen molar-refractivity contribution in [1.29, 1.82) is 0 Å². The number of hydrogen-bond donors (Lipinski definition) is 1. The van der Waals surface area contributed by atoms with Crippen molar-refractivity contribution in [1.82, 2.24) is 10.2 Å². The molecule has 0 radical (unpaired) electrons. The van der Waals surface area contributed by atoms with Crippen molar-refractivity contribution in [2.75, 3.05) is 18.0 Å². The zero-order chi connectivity index (χ0) is 12.4. The lowest BCUT2D eigenvalue weighted by Crippen LogP contribution is -2.31. The minimum Gasteiger partial charge on any atom is -0.351 e. The van der Waals surface area contributed by atoms with Gasteiger partial charge in [-0.1, -0.05) is 11.6 Å². The molecule has 92 valence electrons. The van der Waals surface area contributed by atoms with Gasteiger partial charge in [-0.15, -0.1) is 5.10 Å². The molecule has 2 rings (SSSR count). The van der Waals surface area contributed by atoms with E-state index in [9.17, 15) is 0 Å². The summed E-state index contributed by atoms with van der Waals surface area (Å²) < 4.78 is 0. The van der Waals surface area contributed by atoms with Crippen LogP contribution in [0.5, 0.6) is 0 Å². The van der Waals surface area contributed by atoms with E-state index in [1.54, 1.807) is 0 Å². The SMILES string of the molecule is CC1=CCN(c2nnc(C)c(C)c2CN)CC1. The molecule has 0 aliphatic carbocycles. The van der Waals surface area contributed by atoms with E-state index in [0.29, 0.717) is 6.54 Å². The molecule has 4 heteroatoms. The Morgan fingerprint density at radius 2 is 2.06 bits per heavy atom. The summed E-state index contributed by atoms with van der Waals surface area (Å²) in [6.45, 7) is 8.67. The first-order valence-corrected chi connectivity index (χ1v) is 6.07. The van der Waals surface area contributed by atoms with Crippen molar-refractivity contribution >= 4 is 5.82 Å². The van der Waals surface area contributed by atoms with Crippen LogP contribution in [0.4, 0.5) is 5.82 Å². The Bertz CT molecular complexity index is 451. The summed E-state index contributed by atoms with van der Waals surface area (Å²) in [4.78, 5) is 2.26. The van der Waals surface area contributed by atoms with Crippen molar-refractivity contribution in [2.24, 2.45) is 5.73 Å². The van der Waals surface area contributed by atoms with Gasteiger partial charge in [0.2, 0.25) is 0 Å². The molecule has 0 atom stereocenters. The number of nitrogens with two attached hydrogens (primary N) is 1. The van der Waals surface area contributed by atoms with E-state index >= 15 is 0 Å². The van der Waals surface area contributed by atoms with Crippen LogP contribution in [0.2, 0.25) is 0 Å². The number of aromatic nitrogens is 2. The molecule has 0 aromatic carbocycles. The third kappa shape index (κ3) is 2.31. The maximum Gasteiger partial charge on any atom is 0.156 e. The molecule has 0 unspecified atom stereocenters. The Balaban J connectivity index is 2.36. The van der Waals surface area contributed by atoms with Gasteiger partial charge in [-0.3, -0.25) is 0 Å². The van der Waals surface area contributed by atoms with Gasteiger partial charge < -0.3 is 10.6 Å². The zero-order valence-corrected chi connectivity index (χ0v) is 10.8. The second kappa shape index (κ2) is 4.84. The molecule has 0 amide bonds. The Morgan fingerprint density at radius 1 is 1.29 bits per heavy atom. The van der Waals surface area contributed by atoms with Crippen LogP contribution in [0, 0.1) is 13.8 Å². The highest BCUT2D eigenvalue weighted by atomic mass is 15.3. The van der Waals surface area contributed by atoms with Crippen LogP contribution in [0.1, 0.15) is 30.2 Å². The molecule has 1 aliphatic heterocycles. The Kier molecular flexibility index (Phi) is 3.43. The monoisotopic (exact) mass is 232 g/mol. The standard InChI is InChI=1S/C13H20N4/c1-9-4-6-17(7-5-9)13-12(8-14)10(2)11(3)15-16-13/h4H,5-8,14H2,1-3H3. The Morgan fingerprint density at radius 3 is 2.65 bits per heavy atom. The molecule has 0 fully saturated rings. The first kappa shape index (κ1) is 12.0. The third-order valence-electron chi connectivity index (χ3n) is 3.50. The summed E-state index contributed by atoms with van der Waals surface area (Å²) in [6.07, 6.45) is 3.35. The van der Waals surface area contributed by atoms with Gasteiger partial charge in [-0.25, -0.2) is 0 Å². The molecule has 0 saturated heterocycles. The average molecular weight is 232 g/mol. The fraction of sp³-hybridized carbons (Fsp3) is 0.538. The van der Waals surface area contributed by atoms with E-state index in [2.05, 4.69) is 35.0 Å². The molecule has 0 spiro atoms. The van der Waals surface area contributed by atoms with Crippen molar-refractivity contribution in [3.8, 4) is 0 Å². The molecule has 1 aliphatic rings. The molecule has 1 aromatic rings. The molecule has 17 heavy (non-hydrogen) atoms. The van der Waals surface area contributed by atoms with E-state index in [-0.39, 0.29) is 0 Å². The topological polar surface area (TPSA) is 55.0 Å². The summed E-state index contributed by atoms with van der Waals surface area (Å²) in [6, 6.07) is 0. The Hall–Kier alpha value is -1.42. The maximum absolute atomic E-state index is 5.84. The highest BCUT2D eigenvalue weighted by molar-refractivity contribution is 5.51. The van der Waals surface area contributed by atoms with Crippen LogP contribution in [-0.4, -0.2) is 23.3 Å². The fourth-order valence-electron chi connectivity index (χ4n) is 2.11. The van der Waals surface area contributed by atoms with E-state index in [1.807, 2.05) is 6.92 Å². The normalized spacial score (nSPS) is 16.0. The van der Waals surface area contributed by atoms with E-state index in [4.69, 9.17) is 5.73 Å². The number of hydrogen-bond acceptors (Lipinski definition) is 4. The second-order valence-corrected chi connectivity index (χ2v) is 4.66. The molecule has 0 bridgehead atoms. The van der Waals surface area contributed by atoms with Crippen molar-refractivity contribution in [2.45, 2.75) is 33.7 Å². The van der Waals surface area contributed by atoms with E-state index in [0.717, 1.165) is 36.6 Å².